The van der Waals surface area contributed by atoms with E-state index >= 15 is 0 Å². The van der Waals surface area contributed by atoms with Crippen LogP contribution < -0.4 is 0 Å². The van der Waals surface area contributed by atoms with E-state index in [1.54, 1.807) is 4.90 Å². The third kappa shape index (κ3) is 5.16. The van der Waals surface area contributed by atoms with Gasteiger partial charge in [-0.15, -0.1) is 0 Å². The second-order valence-electron chi connectivity index (χ2n) is 7.04. The number of amides is 1. The summed E-state index contributed by atoms with van der Waals surface area (Å²) in [5, 5.41) is 20.3. The molecule has 1 amide bonds. The van der Waals surface area contributed by atoms with Crippen molar-refractivity contribution in [1.29, 1.82) is 0 Å². The summed E-state index contributed by atoms with van der Waals surface area (Å²) in [6, 6.07) is 19.3. The van der Waals surface area contributed by atoms with Gasteiger partial charge in [0.05, 0.1) is 25.2 Å². The SMILES string of the molecule is O=C1C[C@H](O)[C@@H]([C@H](CO)CCOCc2ccccc2)N1Cc1ccccc1. The number of ether oxygens (including phenoxy) is 1. The number of rotatable bonds is 9. The van der Waals surface area contributed by atoms with Crippen molar-refractivity contribution in [1.82, 2.24) is 4.90 Å². The molecule has 144 valence electrons. The van der Waals surface area contributed by atoms with E-state index in [4.69, 9.17) is 4.74 Å². The van der Waals surface area contributed by atoms with E-state index in [1.165, 1.54) is 0 Å². The van der Waals surface area contributed by atoms with Gasteiger partial charge in [0.2, 0.25) is 5.91 Å². The Labute approximate surface area is 160 Å². The molecule has 0 saturated carbocycles. The molecule has 0 bridgehead atoms. The molecule has 3 atom stereocenters. The quantitative estimate of drug-likeness (QED) is 0.666. The number of carbonyl (C=O) groups excluding carboxylic acids is 1. The first-order valence-corrected chi connectivity index (χ1v) is 9.43. The first-order valence-electron chi connectivity index (χ1n) is 9.43. The van der Waals surface area contributed by atoms with Gasteiger partial charge in [0.1, 0.15) is 0 Å². The fourth-order valence-corrected chi connectivity index (χ4v) is 3.70. The third-order valence-electron chi connectivity index (χ3n) is 5.12. The van der Waals surface area contributed by atoms with E-state index in [-0.39, 0.29) is 30.9 Å². The van der Waals surface area contributed by atoms with Crippen LogP contribution in [0.15, 0.2) is 60.7 Å². The number of aliphatic hydroxyl groups excluding tert-OH is 2. The lowest BCUT2D eigenvalue weighted by Gasteiger charge is -2.32. The highest BCUT2D eigenvalue weighted by atomic mass is 16.5. The van der Waals surface area contributed by atoms with Gasteiger partial charge in [-0.1, -0.05) is 60.7 Å². The van der Waals surface area contributed by atoms with Crippen molar-refractivity contribution in [2.45, 2.75) is 38.1 Å². The van der Waals surface area contributed by atoms with Crippen LogP contribution in [-0.4, -0.2) is 46.4 Å². The molecule has 1 aliphatic rings. The van der Waals surface area contributed by atoms with Gasteiger partial charge < -0.3 is 19.8 Å². The molecule has 27 heavy (non-hydrogen) atoms. The van der Waals surface area contributed by atoms with E-state index in [1.807, 2.05) is 60.7 Å². The summed E-state index contributed by atoms with van der Waals surface area (Å²) in [4.78, 5) is 14.1. The summed E-state index contributed by atoms with van der Waals surface area (Å²) in [5.41, 5.74) is 2.11. The van der Waals surface area contributed by atoms with Crippen molar-refractivity contribution >= 4 is 5.91 Å². The minimum Gasteiger partial charge on any atom is -0.396 e. The first kappa shape index (κ1) is 19.5. The molecule has 2 N–H and O–H groups in total. The lowest BCUT2D eigenvalue weighted by molar-refractivity contribution is -0.130. The van der Waals surface area contributed by atoms with Gasteiger partial charge in [0.15, 0.2) is 0 Å². The smallest absolute Gasteiger partial charge is 0.225 e. The Balaban J connectivity index is 1.58. The fourth-order valence-electron chi connectivity index (χ4n) is 3.70. The van der Waals surface area contributed by atoms with Crippen LogP contribution >= 0.6 is 0 Å². The Hall–Kier alpha value is -2.21. The van der Waals surface area contributed by atoms with Gasteiger partial charge in [-0.05, 0) is 17.5 Å². The van der Waals surface area contributed by atoms with Gasteiger partial charge in [-0.3, -0.25) is 4.79 Å². The van der Waals surface area contributed by atoms with E-state index in [0.29, 0.717) is 26.2 Å². The van der Waals surface area contributed by atoms with E-state index in [9.17, 15) is 15.0 Å². The molecule has 0 spiro atoms. The molecule has 5 nitrogen and oxygen atoms in total. The number of aliphatic hydroxyl groups is 2. The zero-order chi connectivity index (χ0) is 19.1. The minimum absolute atomic E-state index is 0.0694. The molecule has 2 aromatic carbocycles. The second kappa shape index (κ2) is 9.65. The first-order chi connectivity index (χ1) is 13.2. The highest BCUT2D eigenvalue weighted by Crippen LogP contribution is 2.29. The van der Waals surface area contributed by atoms with Crippen LogP contribution in [0.4, 0.5) is 0 Å². The number of benzene rings is 2. The number of carbonyl (C=O) groups is 1. The lowest BCUT2D eigenvalue weighted by Crippen LogP contribution is -2.44. The summed E-state index contributed by atoms with van der Waals surface area (Å²) in [6.07, 6.45) is -0.0600. The van der Waals surface area contributed by atoms with Gasteiger partial charge in [-0.2, -0.15) is 0 Å². The van der Waals surface area contributed by atoms with Crippen LogP contribution in [0.3, 0.4) is 0 Å². The average Bonchev–Trinajstić information content (AvgIpc) is 2.97. The Morgan fingerprint density at radius 3 is 2.30 bits per heavy atom. The summed E-state index contributed by atoms with van der Waals surface area (Å²) in [6.45, 7) is 1.34. The zero-order valence-electron chi connectivity index (χ0n) is 15.4. The highest BCUT2D eigenvalue weighted by Gasteiger charge is 2.42. The van der Waals surface area contributed by atoms with Crippen LogP contribution in [0, 0.1) is 5.92 Å². The van der Waals surface area contributed by atoms with Gasteiger partial charge in [-0.25, -0.2) is 0 Å². The maximum atomic E-state index is 12.4. The van der Waals surface area contributed by atoms with Crippen molar-refractivity contribution in [2.24, 2.45) is 5.92 Å². The lowest BCUT2D eigenvalue weighted by atomic mass is 9.93. The molecule has 0 aliphatic carbocycles. The van der Waals surface area contributed by atoms with Crippen LogP contribution in [0.5, 0.6) is 0 Å². The fraction of sp³-hybridized carbons (Fsp3) is 0.409. The molecule has 0 aromatic heterocycles. The third-order valence-corrected chi connectivity index (χ3v) is 5.12. The number of hydrogen-bond donors (Lipinski definition) is 2. The summed E-state index contributed by atoms with van der Waals surface area (Å²) in [5.74, 6) is -0.286. The van der Waals surface area contributed by atoms with Crippen molar-refractivity contribution in [3.63, 3.8) is 0 Å². The Morgan fingerprint density at radius 1 is 1.04 bits per heavy atom. The maximum absolute atomic E-state index is 12.4. The van der Waals surface area contributed by atoms with Crippen molar-refractivity contribution in [3.05, 3.63) is 71.8 Å². The van der Waals surface area contributed by atoms with Gasteiger partial charge >= 0.3 is 0 Å². The predicted molar refractivity (Wildman–Crippen MR) is 103 cm³/mol. The molecule has 2 aromatic rings. The normalized spacial score (nSPS) is 20.8. The molecule has 0 radical (unpaired) electrons. The summed E-state index contributed by atoms with van der Waals surface area (Å²) >= 11 is 0. The monoisotopic (exact) mass is 369 g/mol. The van der Waals surface area contributed by atoms with Gasteiger partial charge in [0.25, 0.3) is 0 Å². The van der Waals surface area contributed by atoms with E-state index < -0.39 is 6.10 Å². The standard InChI is InChI=1S/C22H27NO4/c24-15-19(11-12-27-16-18-9-5-2-6-10-18)22-20(25)13-21(26)23(22)14-17-7-3-1-4-8-17/h1-10,19-20,22,24-25H,11-16H2/t19-,20-,22+/m0/s1. The molecular weight excluding hydrogens is 342 g/mol. The topological polar surface area (TPSA) is 70.0 Å². The summed E-state index contributed by atoms with van der Waals surface area (Å²) < 4.78 is 5.73. The molecule has 0 unspecified atom stereocenters. The Bertz CT molecular complexity index is 707. The van der Waals surface area contributed by atoms with Gasteiger partial charge in [0, 0.05) is 25.7 Å². The molecule has 1 saturated heterocycles. The minimum atomic E-state index is -0.757. The van der Waals surface area contributed by atoms with Crippen LogP contribution in [0.2, 0.25) is 0 Å². The number of likely N-dealkylation sites (tertiary alicyclic amines) is 1. The van der Waals surface area contributed by atoms with Crippen LogP contribution in [0.25, 0.3) is 0 Å². The molecule has 1 aliphatic heterocycles. The van der Waals surface area contributed by atoms with Crippen molar-refractivity contribution in [3.8, 4) is 0 Å². The second-order valence-corrected chi connectivity index (χ2v) is 7.04. The molecular formula is C22H27NO4. The van der Waals surface area contributed by atoms with E-state index in [0.717, 1.165) is 11.1 Å². The van der Waals surface area contributed by atoms with E-state index in [2.05, 4.69) is 0 Å². The Morgan fingerprint density at radius 2 is 1.67 bits per heavy atom. The molecule has 1 fully saturated rings. The predicted octanol–water partition coefficient (Wildman–Crippen LogP) is 2.36. The maximum Gasteiger partial charge on any atom is 0.225 e. The number of nitrogens with zero attached hydrogens (tertiary/aromatic N) is 1. The van der Waals surface area contributed by atoms with Crippen LogP contribution in [-0.2, 0) is 22.7 Å². The molecule has 5 heteroatoms. The van der Waals surface area contributed by atoms with Crippen LogP contribution in [0.1, 0.15) is 24.0 Å². The largest absolute Gasteiger partial charge is 0.396 e. The van der Waals surface area contributed by atoms with Crippen molar-refractivity contribution < 1.29 is 19.7 Å². The summed E-state index contributed by atoms with van der Waals surface area (Å²) in [7, 11) is 0. The zero-order valence-corrected chi connectivity index (χ0v) is 15.4. The van der Waals surface area contributed by atoms with Crippen molar-refractivity contribution in [2.75, 3.05) is 13.2 Å². The highest BCUT2D eigenvalue weighted by molar-refractivity contribution is 5.79. The average molecular weight is 369 g/mol. The molecule has 3 rings (SSSR count). The molecule has 1 heterocycles. The number of hydrogen-bond acceptors (Lipinski definition) is 4. The Kier molecular flexibility index (Phi) is 6.98.